The van der Waals surface area contributed by atoms with Gasteiger partial charge in [-0.1, -0.05) is 6.92 Å². The average Bonchev–Trinajstić information content (AvgIpc) is 2.61. The van der Waals surface area contributed by atoms with Gasteiger partial charge in [-0.2, -0.15) is 0 Å². The fraction of sp³-hybridized carbons (Fsp3) is 0.588. The lowest BCUT2D eigenvalue weighted by atomic mass is 9.94. The van der Waals surface area contributed by atoms with Crippen molar-refractivity contribution in [1.29, 1.82) is 0 Å². The molecule has 1 N–H and O–H groups in total. The Balaban J connectivity index is 1.59. The van der Waals surface area contributed by atoms with Gasteiger partial charge in [0.25, 0.3) is 0 Å². The van der Waals surface area contributed by atoms with Crippen molar-refractivity contribution in [2.45, 2.75) is 45.1 Å². The number of imide groups is 1. The number of carbonyl (C=O) groups is 3. The molecule has 25 heavy (non-hydrogen) atoms. The summed E-state index contributed by atoms with van der Waals surface area (Å²) in [6.45, 7) is 3.06. The van der Waals surface area contributed by atoms with Crippen molar-refractivity contribution in [3.8, 4) is 6.01 Å². The minimum atomic E-state index is -0.569. The molecule has 0 saturated carbocycles. The van der Waals surface area contributed by atoms with Crippen LogP contribution in [0.4, 0.5) is 0 Å². The number of rotatable bonds is 4. The van der Waals surface area contributed by atoms with Crippen LogP contribution in [0.2, 0.25) is 0 Å². The standard InChI is InChI=1S/C17H22N4O4/c1-2-11-8-18-17(19-9-11)25-13-4-3-5-21(10-13)16(24)12-6-14(22)20-15(23)7-12/h8-9,12-13H,2-7,10H2,1H3,(H,20,22,23). The van der Waals surface area contributed by atoms with Gasteiger partial charge in [0, 0.05) is 31.8 Å². The molecular formula is C17H22N4O4. The first kappa shape index (κ1) is 17.3. The van der Waals surface area contributed by atoms with E-state index in [-0.39, 0.29) is 36.7 Å². The van der Waals surface area contributed by atoms with E-state index in [9.17, 15) is 14.4 Å². The Morgan fingerprint density at radius 3 is 2.60 bits per heavy atom. The van der Waals surface area contributed by atoms with E-state index in [1.807, 2.05) is 6.92 Å². The minimum Gasteiger partial charge on any atom is -0.458 e. The maximum absolute atomic E-state index is 12.6. The number of piperidine rings is 2. The summed E-state index contributed by atoms with van der Waals surface area (Å²) in [5.41, 5.74) is 1.04. The van der Waals surface area contributed by atoms with E-state index in [2.05, 4.69) is 15.3 Å². The van der Waals surface area contributed by atoms with Gasteiger partial charge in [0.2, 0.25) is 17.7 Å². The molecule has 0 aliphatic carbocycles. The van der Waals surface area contributed by atoms with Crippen LogP contribution in [0.5, 0.6) is 6.01 Å². The molecule has 2 fully saturated rings. The van der Waals surface area contributed by atoms with Crippen molar-refractivity contribution in [1.82, 2.24) is 20.2 Å². The molecule has 0 spiro atoms. The highest BCUT2D eigenvalue weighted by Gasteiger charge is 2.35. The van der Waals surface area contributed by atoms with Crippen LogP contribution in [0, 0.1) is 5.92 Å². The monoisotopic (exact) mass is 346 g/mol. The van der Waals surface area contributed by atoms with Gasteiger partial charge in [-0.05, 0) is 24.8 Å². The number of ether oxygens (including phenoxy) is 1. The largest absolute Gasteiger partial charge is 0.458 e. The fourth-order valence-corrected chi connectivity index (χ4v) is 3.18. The topological polar surface area (TPSA) is 101 Å². The van der Waals surface area contributed by atoms with Gasteiger partial charge >= 0.3 is 6.01 Å². The normalized spacial score (nSPS) is 21.8. The molecule has 0 aromatic carbocycles. The fourth-order valence-electron chi connectivity index (χ4n) is 3.18. The second-order valence-electron chi connectivity index (χ2n) is 6.47. The first-order valence-electron chi connectivity index (χ1n) is 8.64. The van der Waals surface area contributed by atoms with Crippen LogP contribution in [0.25, 0.3) is 0 Å². The Morgan fingerprint density at radius 1 is 1.28 bits per heavy atom. The Hall–Kier alpha value is -2.51. The number of amides is 3. The van der Waals surface area contributed by atoms with Gasteiger partial charge in [0.1, 0.15) is 6.10 Å². The summed E-state index contributed by atoms with van der Waals surface area (Å²) in [7, 11) is 0. The summed E-state index contributed by atoms with van der Waals surface area (Å²) in [5, 5.41) is 2.23. The molecule has 2 aliphatic heterocycles. The molecule has 0 radical (unpaired) electrons. The maximum atomic E-state index is 12.6. The smallest absolute Gasteiger partial charge is 0.316 e. The molecule has 3 amide bonds. The summed E-state index contributed by atoms with van der Waals surface area (Å²) >= 11 is 0. The summed E-state index contributed by atoms with van der Waals surface area (Å²) in [5.74, 6) is -1.49. The van der Waals surface area contributed by atoms with Gasteiger partial charge in [0.15, 0.2) is 0 Å². The van der Waals surface area contributed by atoms with Crippen molar-refractivity contribution in [2.24, 2.45) is 5.92 Å². The SMILES string of the molecule is CCc1cnc(OC2CCCN(C(=O)C3CC(=O)NC(=O)C3)C2)nc1. The lowest BCUT2D eigenvalue weighted by Crippen LogP contribution is -2.50. The van der Waals surface area contributed by atoms with Gasteiger partial charge in [-0.3, -0.25) is 19.7 Å². The molecule has 2 saturated heterocycles. The molecule has 8 heteroatoms. The van der Waals surface area contributed by atoms with Crippen LogP contribution in [-0.4, -0.2) is 51.8 Å². The summed E-state index contributed by atoms with van der Waals surface area (Å²) < 4.78 is 5.80. The van der Waals surface area contributed by atoms with Gasteiger partial charge in [-0.25, -0.2) is 9.97 Å². The molecule has 1 aromatic rings. The molecule has 3 heterocycles. The second-order valence-corrected chi connectivity index (χ2v) is 6.47. The maximum Gasteiger partial charge on any atom is 0.316 e. The van der Waals surface area contributed by atoms with Crippen molar-refractivity contribution < 1.29 is 19.1 Å². The Morgan fingerprint density at radius 2 is 1.96 bits per heavy atom. The number of likely N-dealkylation sites (tertiary alicyclic amines) is 1. The van der Waals surface area contributed by atoms with E-state index in [1.54, 1.807) is 17.3 Å². The second kappa shape index (κ2) is 7.58. The van der Waals surface area contributed by atoms with Crippen molar-refractivity contribution in [3.05, 3.63) is 18.0 Å². The van der Waals surface area contributed by atoms with Gasteiger partial charge in [-0.15, -0.1) is 0 Å². The third-order valence-corrected chi connectivity index (χ3v) is 4.54. The van der Waals surface area contributed by atoms with Crippen LogP contribution >= 0.6 is 0 Å². The number of aryl methyl sites for hydroxylation is 1. The Kier molecular flexibility index (Phi) is 5.25. The van der Waals surface area contributed by atoms with Gasteiger partial charge in [0.05, 0.1) is 12.5 Å². The molecule has 1 atom stereocenters. The molecule has 2 aliphatic rings. The molecule has 8 nitrogen and oxygen atoms in total. The molecule has 1 unspecified atom stereocenters. The highest BCUT2D eigenvalue weighted by molar-refractivity contribution is 6.02. The van der Waals surface area contributed by atoms with E-state index in [0.29, 0.717) is 19.1 Å². The van der Waals surface area contributed by atoms with Crippen molar-refractivity contribution in [3.63, 3.8) is 0 Å². The number of aromatic nitrogens is 2. The van der Waals surface area contributed by atoms with Crippen LogP contribution in [0.3, 0.4) is 0 Å². The van der Waals surface area contributed by atoms with E-state index in [0.717, 1.165) is 24.8 Å². The first-order valence-corrected chi connectivity index (χ1v) is 8.64. The molecule has 1 aromatic heterocycles. The van der Waals surface area contributed by atoms with Crippen molar-refractivity contribution >= 4 is 17.7 Å². The highest BCUT2D eigenvalue weighted by Crippen LogP contribution is 2.21. The number of nitrogens with one attached hydrogen (secondary N) is 1. The van der Waals surface area contributed by atoms with Crippen molar-refractivity contribution in [2.75, 3.05) is 13.1 Å². The zero-order chi connectivity index (χ0) is 17.8. The lowest BCUT2D eigenvalue weighted by molar-refractivity contribution is -0.146. The third kappa shape index (κ3) is 4.32. The van der Waals surface area contributed by atoms with E-state index in [4.69, 9.17) is 4.74 Å². The minimum absolute atomic E-state index is 0.0637. The molecule has 3 rings (SSSR count). The number of hydrogen-bond donors (Lipinski definition) is 1. The van der Waals surface area contributed by atoms with E-state index in [1.165, 1.54) is 0 Å². The summed E-state index contributed by atoms with van der Waals surface area (Å²) in [6.07, 6.45) is 5.89. The predicted molar refractivity (Wildman–Crippen MR) is 87.5 cm³/mol. The zero-order valence-electron chi connectivity index (χ0n) is 14.2. The van der Waals surface area contributed by atoms with Crippen LogP contribution in [0.1, 0.15) is 38.2 Å². The van der Waals surface area contributed by atoms with Gasteiger partial charge < -0.3 is 9.64 Å². The third-order valence-electron chi connectivity index (χ3n) is 4.54. The summed E-state index contributed by atoms with van der Waals surface area (Å²) in [4.78, 5) is 45.7. The summed E-state index contributed by atoms with van der Waals surface area (Å²) in [6, 6.07) is 0.309. The average molecular weight is 346 g/mol. The Labute approximate surface area is 146 Å². The number of carbonyl (C=O) groups excluding carboxylic acids is 3. The molecule has 0 bridgehead atoms. The number of hydrogen-bond acceptors (Lipinski definition) is 6. The highest BCUT2D eigenvalue weighted by atomic mass is 16.5. The van der Waals surface area contributed by atoms with E-state index < -0.39 is 5.92 Å². The number of nitrogens with zero attached hydrogens (tertiary/aromatic N) is 3. The van der Waals surface area contributed by atoms with E-state index >= 15 is 0 Å². The predicted octanol–water partition coefficient (Wildman–Crippen LogP) is 0.462. The first-order chi connectivity index (χ1) is 12.0. The molecule has 134 valence electrons. The Bertz CT molecular complexity index is 645. The zero-order valence-corrected chi connectivity index (χ0v) is 14.2. The van der Waals surface area contributed by atoms with Crippen LogP contribution < -0.4 is 10.1 Å². The lowest BCUT2D eigenvalue weighted by Gasteiger charge is -2.35. The van der Waals surface area contributed by atoms with Crippen LogP contribution in [0.15, 0.2) is 12.4 Å². The van der Waals surface area contributed by atoms with Crippen LogP contribution in [-0.2, 0) is 20.8 Å². The quantitative estimate of drug-likeness (QED) is 0.795. The molecular weight excluding hydrogens is 324 g/mol.